The average molecular weight is 600 g/mol. The predicted molar refractivity (Wildman–Crippen MR) is 229 cm³/mol. The summed E-state index contributed by atoms with van der Waals surface area (Å²) in [6, 6.07) is -2.20. The van der Waals surface area contributed by atoms with Gasteiger partial charge in [0.05, 0.1) is 6.04 Å². The molecule has 5 N–H and O–H groups in total. The molecule has 2 atom stereocenters. The normalized spacial score (nSPS) is 19.0. The molecule has 2 rings (SSSR count). The number of nitrogens with one attached hydrogen (secondary N) is 2. The molecule has 1 aliphatic heterocycles. The lowest BCUT2D eigenvalue weighted by Gasteiger charge is -2.42. The van der Waals surface area contributed by atoms with Crippen LogP contribution in [0.3, 0.4) is 0 Å². The zero-order valence-corrected chi connectivity index (χ0v) is 19.8. The Morgan fingerprint density at radius 1 is 1.44 bits per heavy atom. The summed E-state index contributed by atoms with van der Waals surface area (Å²) in [5, 5.41) is 9.68. The molecule has 1 aliphatic rings. The van der Waals surface area contributed by atoms with E-state index in [0.29, 0.717) is 29.1 Å². The Morgan fingerprint density at radius 3 is 2.44 bits per heavy atom. The van der Waals surface area contributed by atoms with Gasteiger partial charge in [0.15, 0.2) is 22.7 Å². The number of oxime groups is 1. The highest BCUT2D eigenvalue weighted by atomic mass is 32.2. The van der Waals surface area contributed by atoms with Crippen molar-refractivity contribution < 1.29 is 113 Å². The summed E-state index contributed by atoms with van der Waals surface area (Å²) in [6.45, 7) is 6.53. The van der Waals surface area contributed by atoms with E-state index in [4.69, 9.17) is 9.39 Å². The Kier molecular flexibility index (Phi) is 8.85. The van der Waals surface area contributed by atoms with E-state index in [0.717, 1.165) is 0 Å². The lowest BCUT2D eigenvalue weighted by atomic mass is 10.00. The monoisotopic (exact) mass is 600 g/mol. The molecule has 1 saturated heterocycles. The van der Waals surface area contributed by atoms with E-state index in [1.807, 2.05) is 0 Å². The molecule has 0 aliphatic carbocycles. The van der Waals surface area contributed by atoms with E-state index in [1.165, 1.54) is 18.3 Å². The van der Waals surface area contributed by atoms with Crippen molar-refractivity contribution in [2.24, 2.45) is 5.16 Å². The average Bonchev–Trinajstić information content (AvgIpc) is 3.09. The van der Waals surface area contributed by atoms with Crippen LogP contribution < -0.4 is 10.6 Å². The van der Waals surface area contributed by atoms with Crippen molar-refractivity contribution >= 4 is 50.6 Å². The molecule has 0 bridgehead atoms. The highest BCUT2D eigenvalue weighted by molar-refractivity contribution is 7.84. The van der Waals surface area contributed by atoms with Crippen LogP contribution in [-0.2, 0) is 29.5 Å². The van der Waals surface area contributed by atoms with E-state index in [-0.39, 0.29) is 96.8 Å². The molecule has 286 valence electrons. The fraction of sp³-hybridized carbons (Fsp3) is 0.588. The van der Waals surface area contributed by atoms with Gasteiger partial charge in [0.25, 0.3) is 11.8 Å². The summed E-state index contributed by atoms with van der Waals surface area (Å²) in [6.07, 6.45) is 1.23. The third kappa shape index (κ3) is 5.23. The molecule has 0 aromatic carbocycles. The van der Waals surface area contributed by atoms with Crippen molar-refractivity contribution in [3.63, 3.8) is 0 Å². The maximum atomic E-state index is 13.0. The number of aldehydes is 1. The van der Waals surface area contributed by atoms with Crippen LogP contribution in [0.2, 0.25) is 0 Å². The van der Waals surface area contributed by atoms with E-state index in [1.54, 1.807) is 27.8 Å². The molecule has 15 heteroatoms. The predicted octanol–water partition coefficient (Wildman–Crippen LogP) is 12.7. The summed E-state index contributed by atoms with van der Waals surface area (Å²) in [7, 11) is -3.08. The van der Waals surface area contributed by atoms with E-state index >= 15 is 0 Å². The van der Waals surface area contributed by atoms with Crippen LogP contribution in [0.25, 0.3) is 0 Å². The summed E-state index contributed by atoms with van der Waals surface area (Å²) in [5.41, 5.74) is -1.32. The molecule has 0 spiro atoms. The van der Waals surface area contributed by atoms with Gasteiger partial charge in [-0.05, 0) is 26.7 Å². The van der Waals surface area contributed by atoms with E-state index < -0.39 is 39.8 Å². The number of nitrogens with zero attached hydrogens (tertiary/aromatic N) is 3. The number of thiazole rings is 1. The highest BCUT2D eigenvalue weighted by Gasteiger charge is 2.51. The molecule has 32 heavy (non-hydrogen) atoms. The van der Waals surface area contributed by atoms with Gasteiger partial charge in [-0.15, -0.1) is 11.3 Å². The van der Waals surface area contributed by atoms with Crippen LogP contribution in [0.15, 0.2) is 5.16 Å². The first-order valence-electron chi connectivity index (χ1n) is 9.44. The highest BCUT2D eigenvalue weighted by Crippen LogP contribution is 2.26. The van der Waals surface area contributed by atoms with Crippen LogP contribution in [0, 0.1) is 6.92 Å². The first kappa shape index (κ1) is 27.4. The van der Waals surface area contributed by atoms with Crippen LogP contribution in [0.4, 0.5) is 5.13 Å². The number of rotatable bonds is 10. The summed E-state index contributed by atoms with van der Waals surface area (Å²) < 4.78 is 31.9. The van der Waals surface area contributed by atoms with Gasteiger partial charge in [0.1, 0.15) is 11.7 Å². The minimum Gasteiger partial charge on any atom is -0.412 e. The molecule has 0 radical (unpaired) electrons. The Bertz CT molecular complexity index is 1080. The number of carbonyl (C=O) groups excluding carboxylic acids is 3. The Balaban J connectivity index is -0.00000000372. The topological polar surface area (TPSA) is 199 Å². The van der Waals surface area contributed by atoms with Gasteiger partial charge >= 0.3 is 10.3 Å². The molecule has 0 unspecified atom stereocenters. The van der Waals surface area contributed by atoms with Crippen LogP contribution in [0.1, 0.15) is 120 Å². The first-order chi connectivity index (χ1) is 14.4. The van der Waals surface area contributed by atoms with Gasteiger partial charge in [-0.2, -0.15) is 8.42 Å². The second-order valence-corrected chi connectivity index (χ2v) is 9.39. The quantitative estimate of drug-likeness (QED) is 0.0767. The number of aryl methyl sites for hydroxylation is 1. The Morgan fingerprint density at radius 2 is 2.03 bits per heavy atom. The molecule has 0 saturated carbocycles. The minimum absolute atomic E-state index is 0. The van der Waals surface area contributed by atoms with Crippen molar-refractivity contribution in [2.75, 3.05) is 12.4 Å². The summed E-state index contributed by atoms with van der Waals surface area (Å²) in [5.74, 6) is -1.83. The zero-order valence-electron chi connectivity index (χ0n) is 18.2. The fourth-order valence-corrected chi connectivity index (χ4v) is 4.58. The fourth-order valence-electron chi connectivity index (χ4n) is 2.93. The molecule has 1 fully saturated rings. The number of β-lactam (4-membered cyclic amide) rings is 1. The SMILES string of the molecule is CCC(C=O)(CC)O/N=C(\C(=O)N[C@@H]1C(=O)N(S(=O)(=O)O)[C@H]1C)c1nc(NC)sc1C.O.[HH].[HH].[HH].[HH].[HH].[HH].[HH].[HH].[HH].[HH].[HH].[HH].[HH].[HH].[HH].[HH].[HH].[HH].[HH].[HH].[HH].[HH].[HH].[HH].[HH].[HH].[HH].[HH].[HH].[HH].[HH].[HH].[HH].[HH].[HH].[HH].[HH].[HH].[HH].[HH].[HH].[HH].[HH].[HH].[HH].[HH].[HH].[HH].[HH].[HH].[HH].[HH].[HH]. The zero-order chi connectivity index (χ0) is 23.6. The first-order valence-corrected chi connectivity index (χ1v) is 11.7. The third-order valence-electron chi connectivity index (χ3n) is 5.05. The largest absolute Gasteiger partial charge is 0.412 e. The van der Waals surface area contributed by atoms with Gasteiger partial charge in [0.2, 0.25) is 0 Å². The standard InChI is InChI=1S/C17H25N5O7S2.H2O.53H2/c1-6-17(7-2,8-23)29-21-13(12-10(4)30-16(18-5)20-12)14(24)19-11-9(3)22(15(11)25)31(26,27)28;;;;;;;;;;;;;;;;;;;;;;;;;;;;;;;;;;;;;;;;;;;;;;;;;;;;;;/h8-9,11H,6-7H2,1-5H3,(H,18,20)(H,19,24)(H,26,27,28);1H2;53*1H/b21-13-;;;;;;;;;;;;;;;;;;;;;;;;;;;;;;;;;;;;;;;;;;;;;;;;;;;;;;/t9-,11-;;;;;;;;;;;;;;;;;;;;;;;;;;;;;;;;;;;;;;;;;;;;;;;;;;;;;;/m0....................................................../s1. The van der Waals surface area contributed by atoms with Crippen molar-refractivity contribution in [3.8, 4) is 0 Å². The second kappa shape index (κ2) is 10.3. The number of anilines is 1. The van der Waals surface area contributed by atoms with E-state index in [9.17, 15) is 22.8 Å². The maximum Gasteiger partial charge on any atom is 0.362 e. The van der Waals surface area contributed by atoms with Crippen LogP contribution in [-0.4, -0.2) is 76.3 Å². The number of hydrogen-bond donors (Lipinski definition) is 3. The Hall–Kier alpha value is -2.62. The molecule has 1 aromatic rings. The van der Waals surface area contributed by atoms with Crippen molar-refractivity contribution in [1.29, 1.82) is 0 Å². The molecule has 13 nitrogen and oxygen atoms in total. The van der Waals surface area contributed by atoms with Crippen molar-refractivity contribution in [2.45, 2.75) is 58.2 Å². The van der Waals surface area contributed by atoms with Crippen LogP contribution >= 0.6 is 11.3 Å². The lowest BCUT2D eigenvalue weighted by molar-refractivity contribution is -0.144. The maximum absolute atomic E-state index is 13.0. The lowest BCUT2D eigenvalue weighted by Crippen LogP contribution is -2.71. The molecule has 1 aromatic heterocycles. The van der Waals surface area contributed by atoms with Crippen molar-refractivity contribution in [3.05, 3.63) is 10.6 Å². The number of aromatic nitrogens is 1. The molecular formula is C17H133N5O8S2. The van der Waals surface area contributed by atoms with Gasteiger partial charge in [-0.25, -0.2) is 9.29 Å². The van der Waals surface area contributed by atoms with Gasteiger partial charge in [-0.1, -0.05) is 19.0 Å². The smallest absolute Gasteiger partial charge is 0.362 e. The Labute approximate surface area is 268 Å². The number of amides is 2. The minimum atomic E-state index is -4.73. The van der Waals surface area contributed by atoms with Crippen molar-refractivity contribution in [1.82, 2.24) is 14.6 Å². The van der Waals surface area contributed by atoms with Gasteiger partial charge < -0.3 is 20.9 Å². The van der Waals surface area contributed by atoms with Gasteiger partial charge in [0, 0.05) is 87.5 Å². The third-order valence-corrected chi connectivity index (χ3v) is 7.05. The number of carbonyl (C=O) groups is 3. The van der Waals surface area contributed by atoms with Gasteiger partial charge in [-0.3, -0.25) is 18.9 Å². The second-order valence-electron chi connectivity index (χ2n) is 6.90. The molecule has 2 amide bonds. The van der Waals surface area contributed by atoms with Crippen LogP contribution in [0.5, 0.6) is 0 Å². The summed E-state index contributed by atoms with van der Waals surface area (Å²) >= 11 is 1.26. The summed E-state index contributed by atoms with van der Waals surface area (Å²) in [4.78, 5) is 47.0. The molecular weight excluding hydrogens is 466 g/mol. The van der Waals surface area contributed by atoms with E-state index in [2.05, 4.69) is 20.8 Å². The molecule has 2 heterocycles. The number of hydrogen-bond acceptors (Lipinski definition) is 10.